The van der Waals surface area contributed by atoms with Gasteiger partial charge in [-0.05, 0) is 55.4 Å². The number of nitrogens with one attached hydrogen (secondary N) is 2. The molecule has 3 heteroatoms. The summed E-state index contributed by atoms with van der Waals surface area (Å²) in [6.07, 6.45) is 6.83. The third-order valence-electron chi connectivity index (χ3n) is 4.88. The molecule has 1 aromatic heterocycles. The van der Waals surface area contributed by atoms with Crippen molar-refractivity contribution >= 4 is 23.2 Å². The number of amides is 1. The number of para-hydroxylation sites is 1. The SMILES string of the molecule is CCC1CCCc2[nH]c(C=C3C(=O)Nc4ccccc43)cc21. The molecule has 1 unspecified atom stereocenters. The van der Waals surface area contributed by atoms with Crippen molar-refractivity contribution in [1.82, 2.24) is 4.98 Å². The molecule has 0 saturated carbocycles. The highest BCUT2D eigenvalue weighted by atomic mass is 16.2. The van der Waals surface area contributed by atoms with Crippen LogP contribution in [0.5, 0.6) is 0 Å². The van der Waals surface area contributed by atoms with Gasteiger partial charge in [0, 0.05) is 22.6 Å². The predicted molar refractivity (Wildman–Crippen MR) is 89.7 cm³/mol. The third kappa shape index (κ3) is 2.08. The molecule has 0 bridgehead atoms. The summed E-state index contributed by atoms with van der Waals surface area (Å²) in [4.78, 5) is 15.7. The van der Waals surface area contributed by atoms with Crippen molar-refractivity contribution in [2.75, 3.05) is 5.32 Å². The molecule has 0 fully saturated rings. The van der Waals surface area contributed by atoms with Crippen LogP contribution in [0.2, 0.25) is 0 Å². The highest BCUT2D eigenvalue weighted by Crippen LogP contribution is 2.36. The lowest BCUT2D eigenvalue weighted by molar-refractivity contribution is -0.110. The van der Waals surface area contributed by atoms with Gasteiger partial charge in [-0.3, -0.25) is 4.79 Å². The van der Waals surface area contributed by atoms with Gasteiger partial charge in [-0.2, -0.15) is 0 Å². The van der Waals surface area contributed by atoms with Gasteiger partial charge in [0.05, 0.1) is 5.57 Å². The van der Waals surface area contributed by atoms with Crippen LogP contribution in [0.25, 0.3) is 11.6 Å². The zero-order chi connectivity index (χ0) is 15.1. The Morgan fingerprint density at radius 1 is 1.32 bits per heavy atom. The maximum absolute atomic E-state index is 12.2. The fourth-order valence-electron chi connectivity index (χ4n) is 3.73. The van der Waals surface area contributed by atoms with E-state index in [4.69, 9.17) is 0 Å². The van der Waals surface area contributed by atoms with E-state index >= 15 is 0 Å². The summed E-state index contributed by atoms with van der Waals surface area (Å²) in [5.41, 5.74) is 6.51. The Bertz CT molecular complexity index is 769. The Labute approximate surface area is 130 Å². The third-order valence-corrected chi connectivity index (χ3v) is 4.88. The monoisotopic (exact) mass is 292 g/mol. The van der Waals surface area contributed by atoms with Crippen molar-refractivity contribution in [2.45, 2.75) is 38.5 Å². The van der Waals surface area contributed by atoms with Crippen LogP contribution in [-0.2, 0) is 11.2 Å². The van der Waals surface area contributed by atoms with Crippen LogP contribution in [0, 0.1) is 0 Å². The zero-order valence-corrected chi connectivity index (χ0v) is 12.8. The Morgan fingerprint density at radius 2 is 2.18 bits per heavy atom. The molecule has 3 nitrogen and oxygen atoms in total. The number of fused-ring (bicyclic) bond motifs is 2. The van der Waals surface area contributed by atoms with Gasteiger partial charge in [0.2, 0.25) is 0 Å². The summed E-state index contributed by atoms with van der Waals surface area (Å²) >= 11 is 0. The van der Waals surface area contributed by atoms with Gasteiger partial charge < -0.3 is 10.3 Å². The molecule has 2 aliphatic rings. The van der Waals surface area contributed by atoms with Crippen LogP contribution in [0.4, 0.5) is 5.69 Å². The summed E-state index contributed by atoms with van der Waals surface area (Å²) in [7, 11) is 0. The van der Waals surface area contributed by atoms with Crippen LogP contribution in [0.15, 0.2) is 30.3 Å². The Hall–Kier alpha value is -2.29. The number of hydrogen-bond donors (Lipinski definition) is 2. The molecule has 2 aromatic rings. The van der Waals surface area contributed by atoms with E-state index in [2.05, 4.69) is 23.3 Å². The second-order valence-corrected chi connectivity index (χ2v) is 6.21. The molecule has 22 heavy (non-hydrogen) atoms. The van der Waals surface area contributed by atoms with Gasteiger partial charge in [-0.1, -0.05) is 25.1 Å². The summed E-state index contributed by atoms with van der Waals surface area (Å²) in [5.74, 6) is 0.651. The van der Waals surface area contributed by atoms with Crippen molar-refractivity contribution < 1.29 is 4.79 Å². The van der Waals surface area contributed by atoms with Crippen LogP contribution in [0.1, 0.15) is 54.6 Å². The quantitative estimate of drug-likeness (QED) is 0.795. The van der Waals surface area contributed by atoms with Crippen LogP contribution < -0.4 is 5.32 Å². The summed E-state index contributed by atoms with van der Waals surface area (Å²) in [6.45, 7) is 2.26. The van der Waals surface area contributed by atoms with Crippen molar-refractivity contribution in [2.24, 2.45) is 0 Å². The van der Waals surface area contributed by atoms with E-state index in [0.717, 1.165) is 28.9 Å². The molecule has 1 aliphatic carbocycles. The number of carbonyl (C=O) groups is 1. The van der Waals surface area contributed by atoms with Crippen LogP contribution in [0.3, 0.4) is 0 Å². The van der Waals surface area contributed by atoms with E-state index in [1.165, 1.54) is 30.5 Å². The minimum atomic E-state index is -0.0131. The van der Waals surface area contributed by atoms with Crippen molar-refractivity contribution in [3.63, 3.8) is 0 Å². The van der Waals surface area contributed by atoms with Gasteiger partial charge >= 0.3 is 0 Å². The predicted octanol–water partition coefficient (Wildman–Crippen LogP) is 4.34. The molecule has 112 valence electrons. The van der Waals surface area contributed by atoms with E-state index in [1.807, 2.05) is 30.3 Å². The van der Waals surface area contributed by atoms with Gasteiger partial charge in [-0.15, -0.1) is 0 Å². The second-order valence-electron chi connectivity index (χ2n) is 6.21. The standard InChI is InChI=1S/C19H20N2O/c1-2-12-6-5-9-18-15(12)10-13(20-18)11-16-14-7-3-4-8-17(14)21-19(16)22/h3-4,7-8,10-12,20H,2,5-6,9H2,1H3,(H,21,22). The molecular weight excluding hydrogens is 272 g/mol. The molecule has 4 rings (SSSR count). The number of H-pyrrole nitrogens is 1. The lowest BCUT2D eigenvalue weighted by Crippen LogP contribution is -2.07. The van der Waals surface area contributed by atoms with Crippen molar-refractivity contribution in [3.05, 3.63) is 52.8 Å². The maximum atomic E-state index is 12.2. The van der Waals surface area contributed by atoms with Gasteiger partial charge in [0.1, 0.15) is 0 Å². The average molecular weight is 292 g/mol. The first-order valence-electron chi connectivity index (χ1n) is 8.10. The van der Waals surface area contributed by atoms with E-state index in [9.17, 15) is 4.79 Å². The summed E-state index contributed by atoms with van der Waals surface area (Å²) < 4.78 is 0. The lowest BCUT2D eigenvalue weighted by Gasteiger charge is -2.20. The summed E-state index contributed by atoms with van der Waals surface area (Å²) in [5, 5.41) is 2.93. The van der Waals surface area contributed by atoms with Crippen LogP contribution in [-0.4, -0.2) is 10.9 Å². The van der Waals surface area contributed by atoms with Crippen molar-refractivity contribution in [1.29, 1.82) is 0 Å². The number of rotatable bonds is 2. The minimum Gasteiger partial charge on any atom is -0.359 e. The molecule has 1 aliphatic heterocycles. The summed E-state index contributed by atoms with van der Waals surface area (Å²) in [6, 6.07) is 10.1. The fourth-order valence-corrected chi connectivity index (χ4v) is 3.73. The first-order chi connectivity index (χ1) is 10.8. The average Bonchev–Trinajstić information content (AvgIpc) is 3.08. The number of anilines is 1. The first-order valence-corrected chi connectivity index (χ1v) is 8.10. The highest BCUT2D eigenvalue weighted by molar-refractivity contribution is 6.34. The minimum absolute atomic E-state index is 0.0131. The fraction of sp³-hybridized carbons (Fsp3) is 0.316. The molecule has 1 amide bonds. The second kappa shape index (κ2) is 5.16. The van der Waals surface area contributed by atoms with Crippen LogP contribution >= 0.6 is 0 Å². The molecular formula is C19H20N2O. The number of carbonyl (C=O) groups excluding carboxylic acids is 1. The van der Waals surface area contributed by atoms with Gasteiger partial charge in [0.15, 0.2) is 0 Å². The Morgan fingerprint density at radius 3 is 3.05 bits per heavy atom. The number of aromatic nitrogens is 1. The van der Waals surface area contributed by atoms with Crippen molar-refractivity contribution in [3.8, 4) is 0 Å². The molecule has 1 aromatic carbocycles. The zero-order valence-electron chi connectivity index (χ0n) is 12.8. The maximum Gasteiger partial charge on any atom is 0.256 e. The van der Waals surface area contributed by atoms with E-state index in [1.54, 1.807) is 0 Å². The number of aromatic amines is 1. The van der Waals surface area contributed by atoms with E-state index in [0.29, 0.717) is 5.92 Å². The molecule has 0 radical (unpaired) electrons. The highest BCUT2D eigenvalue weighted by Gasteiger charge is 2.25. The molecule has 0 saturated heterocycles. The number of aryl methyl sites for hydroxylation is 1. The lowest BCUT2D eigenvalue weighted by atomic mass is 9.85. The van der Waals surface area contributed by atoms with E-state index in [-0.39, 0.29) is 5.91 Å². The van der Waals surface area contributed by atoms with Gasteiger partial charge in [-0.25, -0.2) is 0 Å². The smallest absolute Gasteiger partial charge is 0.256 e. The molecule has 2 heterocycles. The topological polar surface area (TPSA) is 44.9 Å². The molecule has 1 atom stereocenters. The molecule has 2 N–H and O–H groups in total. The normalized spacial score (nSPS) is 21.6. The Balaban J connectivity index is 1.75. The van der Waals surface area contributed by atoms with Gasteiger partial charge in [0.25, 0.3) is 5.91 Å². The Kier molecular flexibility index (Phi) is 3.14. The van der Waals surface area contributed by atoms with E-state index < -0.39 is 0 Å². The number of hydrogen-bond acceptors (Lipinski definition) is 1. The number of benzene rings is 1. The largest absolute Gasteiger partial charge is 0.359 e. The molecule has 0 spiro atoms. The first kappa shape index (κ1) is 13.4.